The molecule has 0 spiro atoms. The van der Waals surface area contributed by atoms with Gasteiger partial charge >= 0.3 is 23.9 Å². The summed E-state index contributed by atoms with van der Waals surface area (Å²) in [6.45, 7) is -0.318. The number of esters is 3. The largest absolute Gasteiger partial charge is 0.481 e. The number of alkyl halides is 1. The van der Waals surface area contributed by atoms with Crippen molar-refractivity contribution in [3.05, 3.63) is 283 Å². The molecular formula is C78H83BrCl4N2O9. The number of hydrogen-bond acceptors (Lipinski definition) is 10. The third-order valence-electron chi connectivity index (χ3n) is 18.3. The maximum absolute atomic E-state index is 13.5. The Labute approximate surface area is 582 Å². The number of carbonyl (C=O) groups is 4. The number of aliphatic hydroxyl groups is 1. The SMILES string of the molecule is CN1C2CCC1CC(OC(=O)C(CO)(Cc1cccc(Cl)c1)c1ccccc1)C2.CN1C2CCC1CC(OC(=O)C(Cc1ccccc1Cl)c1ccccc1)C2.COC(=O)Cc1ccccc1.Clc1ccccc1CBr.O=C(O)C(Cc1ccccc1Cl)c1ccccc1. The molecule has 8 aromatic rings. The van der Waals surface area contributed by atoms with Crippen molar-refractivity contribution in [2.24, 2.45) is 0 Å². The summed E-state index contributed by atoms with van der Waals surface area (Å²) in [7, 11) is 5.76. The first-order chi connectivity index (χ1) is 45.5. The van der Waals surface area contributed by atoms with Gasteiger partial charge < -0.3 is 34.2 Å². The first-order valence-corrected chi connectivity index (χ1v) is 34.6. The zero-order valence-electron chi connectivity index (χ0n) is 53.3. The van der Waals surface area contributed by atoms with Crippen molar-refractivity contribution < 1.29 is 43.6 Å². The Bertz CT molecular complexity index is 3640. The molecule has 12 rings (SSSR count). The summed E-state index contributed by atoms with van der Waals surface area (Å²) in [5.74, 6) is -2.40. The number of rotatable bonds is 18. The van der Waals surface area contributed by atoms with Gasteiger partial charge in [-0.25, -0.2) is 0 Å². The number of aliphatic hydroxyl groups excluding tert-OH is 1. The molecule has 7 unspecified atom stereocenters. The summed E-state index contributed by atoms with van der Waals surface area (Å²) < 4.78 is 16.6. The van der Waals surface area contributed by atoms with Gasteiger partial charge in [-0.05, 0) is 160 Å². The normalized spacial score (nSPS) is 19.8. The lowest BCUT2D eigenvalue weighted by atomic mass is 9.76. The van der Waals surface area contributed by atoms with E-state index in [1.165, 1.54) is 32.8 Å². The molecule has 0 radical (unpaired) electrons. The highest BCUT2D eigenvalue weighted by atomic mass is 79.9. The second kappa shape index (κ2) is 36.9. The Morgan fingerprint density at radius 3 is 1.35 bits per heavy atom. The Kier molecular flexibility index (Phi) is 28.6. The lowest BCUT2D eigenvalue weighted by Crippen LogP contribution is -2.48. The molecule has 4 aliphatic rings. The fraction of sp³-hybridized carbons (Fsp3) is 0.333. The van der Waals surface area contributed by atoms with E-state index in [0.29, 0.717) is 64.9 Å². The highest BCUT2D eigenvalue weighted by Crippen LogP contribution is 2.40. The standard InChI is InChI=1S/C24H28ClNO3.C23H26ClNO2.C15H13ClO2.C9H10O2.C7H6BrCl/c1-26-20-10-11-21(26)14-22(13-20)29-23(28)24(16-27,18-7-3-2-4-8-18)15-17-6-5-9-19(25)12-17;1-25-18-11-12-19(25)15-20(14-18)27-23(26)21(16-7-3-2-4-8-16)13-17-9-5-6-10-22(17)24;16-14-9-5-4-8-12(14)10-13(15(17)18)11-6-2-1-3-7-11;1-11-9(10)7-8-5-3-2-4-6-8;8-5-6-3-1-2-4-7(6)9/h2-9,12,20-22,27H,10-11,13-16H2,1H3;2-10,18-21H,11-15H2,1H3;1-9,13H,10H2,(H,17,18);2-6H,7H2,1H3;1-4H,5H2. The van der Waals surface area contributed by atoms with Crippen molar-refractivity contribution in [1.82, 2.24) is 9.80 Å². The van der Waals surface area contributed by atoms with Crippen LogP contribution in [-0.2, 0) is 69.8 Å². The van der Waals surface area contributed by atoms with Crippen molar-refractivity contribution in [3.8, 4) is 0 Å². The van der Waals surface area contributed by atoms with Crippen LogP contribution >= 0.6 is 62.3 Å². The topological polar surface area (TPSA) is 143 Å². The van der Waals surface area contributed by atoms with Crippen LogP contribution in [-0.4, -0.2) is 108 Å². The molecule has 0 aromatic heterocycles. The number of benzene rings is 8. The fourth-order valence-corrected chi connectivity index (χ4v) is 14.4. The summed E-state index contributed by atoms with van der Waals surface area (Å²) in [6.07, 6.45) is 10.0. The van der Waals surface area contributed by atoms with Gasteiger partial charge in [0, 0.05) is 49.6 Å². The molecule has 11 nitrogen and oxygen atoms in total. The first kappa shape index (κ1) is 73.0. The van der Waals surface area contributed by atoms with Gasteiger partial charge in [-0.1, -0.05) is 250 Å². The van der Waals surface area contributed by atoms with Gasteiger partial charge in [0.05, 0.1) is 32.0 Å². The number of carbonyl (C=O) groups excluding carboxylic acids is 3. The summed E-state index contributed by atoms with van der Waals surface area (Å²) in [6, 6.07) is 70.5. The van der Waals surface area contributed by atoms with E-state index in [4.69, 9.17) is 55.9 Å². The van der Waals surface area contributed by atoms with Crippen molar-refractivity contribution in [3.63, 3.8) is 0 Å². The van der Waals surface area contributed by atoms with Gasteiger partial charge in [-0.3, -0.25) is 19.2 Å². The fourth-order valence-electron chi connectivity index (χ4n) is 12.9. The monoisotopic (exact) mass is 1410 g/mol. The van der Waals surface area contributed by atoms with Gasteiger partial charge in [0.1, 0.15) is 17.6 Å². The predicted molar refractivity (Wildman–Crippen MR) is 380 cm³/mol. The van der Waals surface area contributed by atoms with E-state index < -0.39 is 17.3 Å². The summed E-state index contributed by atoms with van der Waals surface area (Å²) in [5.41, 5.74) is 6.26. The quantitative estimate of drug-likeness (QED) is 0.0481. The minimum absolute atomic E-state index is 0.0312. The Balaban J connectivity index is 0.000000160. The molecule has 94 heavy (non-hydrogen) atoms. The Hall–Kier alpha value is -6.84. The predicted octanol–water partition coefficient (Wildman–Crippen LogP) is 17.2. The summed E-state index contributed by atoms with van der Waals surface area (Å²) in [4.78, 5) is 53.7. The molecule has 7 atom stereocenters. The van der Waals surface area contributed by atoms with E-state index in [1.807, 2.05) is 206 Å². The van der Waals surface area contributed by atoms with Gasteiger partial charge in [-0.15, -0.1) is 0 Å². The molecule has 4 saturated heterocycles. The molecule has 8 aromatic carbocycles. The first-order valence-electron chi connectivity index (χ1n) is 31.9. The van der Waals surface area contributed by atoms with Crippen LogP contribution < -0.4 is 0 Å². The second-order valence-electron chi connectivity index (χ2n) is 24.4. The summed E-state index contributed by atoms with van der Waals surface area (Å²) >= 11 is 27.7. The number of fused-ring (bicyclic) bond motifs is 4. The third kappa shape index (κ3) is 20.8. The third-order valence-corrected chi connectivity index (χ3v) is 20.3. The van der Waals surface area contributed by atoms with Crippen LogP contribution in [0, 0.1) is 0 Å². The average Bonchev–Trinajstić information content (AvgIpc) is 1.19. The molecule has 0 saturated carbocycles. The number of nitrogens with zero attached hydrogens (tertiary/aromatic N) is 2. The minimum atomic E-state index is -1.14. The molecule has 2 N–H and O–H groups in total. The van der Waals surface area contributed by atoms with Gasteiger partial charge in [0.25, 0.3) is 0 Å². The lowest BCUT2D eigenvalue weighted by molar-refractivity contribution is -0.161. The van der Waals surface area contributed by atoms with Crippen LogP contribution in [0.5, 0.6) is 0 Å². The number of methoxy groups -OCH3 is 1. The van der Waals surface area contributed by atoms with Crippen LogP contribution in [0.4, 0.5) is 0 Å². The van der Waals surface area contributed by atoms with Gasteiger partial charge in [0.15, 0.2) is 0 Å². The van der Waals surface area contributed by atoms with Crippen LogP contribution in [0.15, 0.2) is 218 Å². The van der Waals surface area contributed by atoms with Gasteiger partial charge in [-0.2, -0.15) is 0 Å². The Morgan fingerprint density at radius 1 is 0.521 bits per heavy atom. The molecule has 4 heterocycles. The number of aliphatic carboxylic acids is 1. The van der Waals surface area contributed by atoms with E-state index in [1.54, 1.807) is 12.1 Å². The molecule has 4 fully saturated rings. The molecule has 4 aliphatic heterocycles. The maximum atomic E-state index is 13.5. The van der Waals surface area contributed by atoms with Crippen molar-refractivity contribution in [1.29, 1.82) is 0 Å². The van der Waals surface area contributed by atoms with Crippen LogP contribution in [0.2, 0.25) is 20.1 Å². The smallest absolute Gasteiger partial charge is 0.319 e. The van der Waals surface area contributed by atoms with E-state index in [2.05, 4.69) is 44.6 Å². The average molecular weight is 1410 g/mol. The Morgan fingerprint density at radius 2 is 0.926 bits per heavy atom. The number of piperidine rings is 2. The summed E-state index contributed by atoms with van der Waals surface area (Å²) in [5, 5.41) is 23.4. The second-order valence-corrected chi connectivity index (χ2v) is 26.6. The van der Waals surface area contributed by atoms with E-state index in [-0.39, 0.29) is 42.6 Å². The highest BCUT2D eigenvalue weighted by Gasteiger charge is 2.46. The number of halogens is 5. The molecule has 0 aliphatic carbocycles. The van der Waals surface area contributed by atoms with Gasteiger partial charge in [0.2, 0.25) is 0 Å². The van der Waals surface area contributed by atoms with Crippen LogP contribution in [0.1, 0.15) is 108 Å². The van der Waals surface area contributed by atoms with E-state index >= 15 is 0 Å². The molecule has 494 valence electrons. The van der Waals surface area contributed by atoms with Crippen LogP contribution in [0.25, 0.3) is 0 Å². The molecular weight excluding hydrogens is 1330 g/mol. The van der Waals surface area contributed by atoms with Crippen molar-refractivity contribution in [2.75, 3.05) is 27.8 Å². The highest BCUT2D eigenvalue weighted by molar-refractivity contribution is 9.08. The van der Waals surface area contributed by atoms with Crippen LogP contribution in [0.3, 0.4) is 0 Å². The molecule has 4 bridgehead atoms. The lowest BCUT2D eigenvalue weighted by Gasteiger charge is -2.38. The minimum Gasteiger partial charge on any atom is -0.481 e. The van der Waals surface area contributed by atoms with Crippen molar-refractivity contribution in [2.45, 2.75) is 136 Å². The molecule has 16 heteroatoms. The zero-order chi connectivity index (χ0) is 67.0. The zero-order valence-corrected chi connectivity index (χ0v) is 57.9. The number of ether oxygens (including phenoxy) is 3. The number of carboxylic acids is 1. The molecule has 0 amide bonds. The van der Waals surface area contributed by atoms with E-state index in [9.17, 15) is 29.4 Å². The maximum Gasteiger partial charge on any atom is 0.319 e. The number of carboxylic acid groups (broad SMARTS) is 1. The van der Waals surface area contributed by atoms with E-state index in [0.717, 1.165) is 80.5 Å². The number of hydrogen-bond donors (Lipinski definition) is 2. The van der Waals surface area contributed by atoms with Crippen molar-refractivity contribution >= 4 is 86.2 Å².